The van der Waals surface area contributed by atoms with Crippen LogP contribution in [-0.4, -0.2) is 9.97 Å². The average Bonchev–Trinajstić information content (AvgIpc) is 3.79. The summed E-state index contributed by atoms with van der Waals surface area (Å²) in [5.41, 5.74) is 11.5. The van der Waals surface area contributed by atoms with E-state index in [2.05, 4.69) is 89.9 Å². The van der Waals surface area contributed by atoms with Crippen molar-refractivity contribution in [2.24, 2.45) is 0 Å². The van der Waals surface area contributed by atoms with Gasteiger partial charge in [-0.25, -0.2) is 9.97 Å². The molecule has 0 unspecified atom stereocenters. The molecule has 0 fully saturated rings. The summed E-state index contributed by atoms with van der Waals surface area (Å²) in [6, 6.07) is 43.5. The third-order valence-corrected chi connectivity index (χ3v) is 8.82. The van der Waals surface area contributed by atoms with Gasteiger partial charge in [-0.05, 0) is 41.5 Å². The number of rotatable bonds is 3. The number of hydrogen-bond acceptors (Lipinski definition) is 5. The Kier molecular flexibility index (Phi) is 4.93. The van der Waals surface area contributed by atoms with Gasteiger partial charge in [-0.2, -0.15) is 0 Å². The number of nitrogens with zero attached hydrogens (tertiary/aromatic N) is 2. The van der Waals surface area contributed by atoms with Crippen LogP contribution in [-0.2, 0) is 0 Å². The molecule has 0 aliphatic rings. The van der Waals surface area contributed by atoms with E-state index in [0.717, 1.165) is 93.9 Å². The second-order valence-electron chi connectivity index (χ2n) is 11.4. The van der Waals surface area contributed by atoms with Crippen LogP contribution in [0.15, 0.2) is 147 Å². The summed E-state index contributed by atoms with van der Waals surface area (Å²) in [5.74, 6) is 0. The first-order chi connectivity index (χ1) is 22.3. The molecule has 4 aromatic heterocycles. The van der Waals surface area contributed by atoms with Crippen LogP contribution in [0.5, 0.6) is 0 Å². The summed E-state index contributed by atoms with van der Waals surface area (Å²) in [6.07, 6.45) is 1.62. The third kappa shape index (κ3) is 3.55. The first kappa shape index (κ1) is 24.3. The van der Waals surface area contributed by atoms with Gasteiger partial charge in [0.15, 0.2) is 5.58 Å². The van der Waals surface area contributed by atoms with Gasteiger partial charge in [0, 0.05) is 43.6 Å². The van der Waals surface area contributed by atoms with Gasteiger partial charge in [-0.1, -0.05) is 97.1 Å². The minimum atomic E-state index is 0.658. The highest BCUT2D eigenvalue weighted by atomic mass is 16.3. The molecule has 0 N–H and O–H groups in total. The Balaban J connectivity index is 1.12. The van der Waals surface area contributed by atoms with Crippen LogP contribution in [0.4, 0.5) is 0 Å². The zero-order valence-electron chi connectivity index (χ0n) is 23.8. The molecule has 0 amide bonds. The number of benzene rings is 6. The lowest BCUT2D eigenvalue weighted by Crippen LogP contribution is -1.88. The summed E-state index contributed by atoms with van der Waals surface area (Å²) in [4.78, 5) is 9.40. The van der Waals surface area contributed by atoms with Crippen molar-refractivity contribution >= 4 is 65.9 Å². The maximum Gasteiger partial charge on any atom is 0.180 e. The molecule has 0 bridgehead atoms. The first-order valence-corrected chi connectivity index (χ1v) is 14.9. The fraction of sp³-hybridized carbons (Fsp3) is 0. The minimum absolute atomic E-state index is 0.658. The molecule has 0 radical (unpaired) electrons. The molecule has 10 aromatic rings. The van der Waals surface area contributed by atoms with Crippen molar-refractivity contribution in [3.8, 4) is 33.5 Å². The van der Waals surface area contributed by atoms with E-state index in [1.165, 1.54) is 0 Å². The van der Waals surface area contributed by atoms with E-state index < -0.39 is 0 Å². The molecule has 5 heteroatoms. The largest absolute Gasteiger partial charge is 0.455 e. The molecule has 45 heavy (non-hydrogen) atoms. The Labute approximate surface area is 256 Å². The quantitative estimate of drug-likeness (QED) is 0.209. The van der Waals surface area contributed by atoms with E-state index in [1.807, 2.05) is 42.5 Å². The molecule has 0 saturated heterocycles. The summed E-state index contributed by atoms with van der Waals surface area (Å²) < 4.78 is 19.1. The van der Waals surface area contributed by atoms with Gasteiger partial charge >= 0.3 is 0 Å². The van der Waals surface area contributed by atoms with Crippen LogP contribution in [0.25, 0.3) is 99.5 Å². The molecule has 0 saturated carbocycles. The van der Waals surface area contributed by atoms with E-state index in [4.69, 9.17) is 18.2 Å². The average molecular weight is 579 g/mol. The minimum Gasteiger partial charge on any atom is -0.455 e. The maximum atomic E-state index is 6.45. The van der Waals surface area contributed by atoms with Gasteiger partial charge in [0.2, 0.25) is 0 Å². The highest BCUT2D eigenvalue weighted by Gasteiger charge is 2.19. The van der Waals surface area contributed by atoms with Crippen molar-refractivity contribution in [1.82, 2.24) is 9.97 Å². The number of para-hydroxylation sites is 4. The maximum absolute atomic E-state index is 6.45. The lowest BCUT2D eigenvalue weighted by molar-refractivity contribution is 0.666. The Morgan fingerprint density at radius 1 is 0.378 bits per heavy atom. The van der Waals surface area contributed by atoms with Gasteiger partial charge in [0.1, 0.15) is 45.5 Å². The third-order valence-electron chi connectivity index (χ3n) is 8.82. The van der Waals surface area contributed by atoms with Crippen molar-refractivity contribution in [1.29, 1.82) is 0 Å². The number of hydrogen-bond donors (Lipinski definition) is 0. The molecular formula is C40H22N2O3. The number of furan rings is 3. The van der Waals surface area contributed by atoms with Gasteiger partial charge in [0.05, 0.1) is 0 Å². The predicted octanol–water partition coefficient (Wildman–Crippen LogP) is 11.2. The topological polar surface area (TPSA) is 65.2 Å². The monoisotopic (exact) mass is 578 g/mol. The van der Waals surface area contributed by atoms with Gasteiger partial charge in [-0.15, -0.1) is 0 Å². The summed E-state index contributed by atoms with van der Waals surface area (Å²) in [5, 5.41) is 5.36. The predicted molar refractivity (Wildman–Crippen MR) is 180 cm³/mol. The van der Waals surface area contributed by atoms with Crippen LogP contribution in [0.3, 0.4) is 0 Å². The van der Waals surface area contributed by atoms with Crippen LogP contribution in [0.1, 0.15) is 0 Å². The lowest BCUT2D eigenvalue weighted by Gasteiger charge is -2.06. The summed E-state index contributed by atoms with van der Waals surface area (Å²) in [7, 11) is 0. The molecule has 0 atom stereocenters. The summed E-state index contributed by atoms with van der Waals surface area (Å²) >= 11 is 0. The van der Waals surface area contributed by atoms with Gasteiger partial charge < -0.3 is 13.3 Å². The zero-order chi connectivity index (χ0) is 29.5. The van der Waals surface area contributed by atoms with Crippen LogP contribution >= 0.6 is 0 Å². The van der Waals surface area contributed by atoms with Crippen LogP contribution in [0.2, 0.25) is 0 Å². The molecule has 6 aromatic carbocycles. The Bertz CT molecular complexity index is 2780. The molecule has 0 spiro atoms. The molecule has 0 aliphatic carbocycles. The fourth-order valence-corrected chi connectivity index (χ4v) is 6.73. The van der Waals surface area contributed by atoms with E-state index in [9.17, 15) is 0 Å². The molecular weight excluding hydrogens is 556 g/mol. The van der Waals surface area contributed by atoms with Crippen molar-refractivity contribution in [2.75, 3.05) is 0 Å². The molecule has 4 heterocycles. The number of aromatic nitrogens is 2. The first-order valence-electron chi connectivity index (χ1n) is 14.9. The number of fused-ring (bicyclic) bond motifs is 9. The van der Waals surface area contributed by atoms with E-state index in [-0.39, 0.29) is 0 Å². The fourth-order valence-electron chi connectivity index (χ4n) is 6.73. The van der Waals surface area contributed by atoms with E-state index >= 15 is 0 Å². The molecule has 210 valence electrons. The van der Waals surface area contributed by atoms with Gasteiger partial charge in [-0.3, -0.25) is 0 Å². The van der Waals surface area contributed by atoms with Crippen LogP contribution < -0.4 is 0 Å². The second kappa shape index (κ2) is 9.15. The Morgan fingerprint density at radius 3 is 1.64 bits per heavy atom. The summed E-state index contributed by atoms with van der Waals surface area (Å²) in [6.45, 7) is 0. The highest BCUT2D eigenvalue weighted by Crippen LogP contribution is 2.41. The zero-order valence-corrected chi connectivity index (χ0v) is 23.8. The lowest BCUT2D eigenvalue weighted by atomic mass is 9.99. The molecule has 10 rings (SSSR count). The standard InChI is InChI=1S/C40H22N2O3/c1-3-16-33-28(10-1)30-14-6-12-26(38(30)43-33)23-8-5-9-25(20-23)36-40-37(42-22-41-36)32-21-24(18-19-35(32)45-40)27-13-7-15-31-29-11-2-4-17-34(29)44-39(27)31/h1-22H. The van der Waals surface area contributed by atoms with Crippen molar-refractivity contribution in [3.05, 3.63) is 134 Å². The smallest absolute Gasteiger partial charge is 0.180 e. The normalized spacial score (nSPS) is 12.0. The van der Waals surface area contributed by atoms with Crippen LogP contribution in [0, 0.1) is 0 Å². The second-order valence-corrected chi connectivity index (χ2v) is 11.4. The molecule has 5 nitrogen and oxygen atoms in total. The van der Waals surface area contributed by atoms with Crippen molar-refractivity contribution in [2.45, 2.75) is 0 Å². The van der Waals surface area contributed by atoms with Crippen molar-refractivity contribution in [3.63, 3.8) is 0 Å². The Morgan fingerprint density at radius 2 is 0.933 bits per heavy atom. The van der Waals surface area contributed by atoms with Gasteiger partial charge in [0.25, 0.3) is 0 Å². The van der Waals surface area contributed by atoms with Crippen molar-refractivity contribution < 1.29 is 13.3 Å². The highest BCUT2D eigenvalue weighted by molar-refractivity contribution is 6.12. The molecule has 0 aliphatic heterocycles. The Hall–Kier alpha value is -6.20. The van der Waals surface area contributed by atoms with E-state index in [1.54, 1.807) is 6.33 Å². The SMILES string of the molecule is c1cc(-c2cccc3c2oc2ccccc23)cc(-c2ncnc3c2oc2ccc(-c4cccc5c4oc4ccccc45)cc23)c1. The van der Waals surface area contributed by atoms with E-state index in [0.29, 0.717) is 5.58 Å².